The quantitative estimate of drug-likeness (QED) is 0.836. The van der Waals surface area contributed by atoms with Gasteiger partial charge in [0.1, 0.15) is 5.60 Å². The zero-order chi connectivity index (χ0) is 16.9. The van der Waals surface area contributed by atoms with Crippen molar-refractivity contribution >= 4 is 17.4 Å². The van der Waals surface area contributed by atoms with E-state index in [0.717, 1.165) is 17.1 Å². The maximum atomic E-state index is 11.7. The van der Waals surface area contributed by atoms with Crippen LogP contribution in [0.25, 0.3) is 0 Å². The molecule has 22 heavy (non-hydrogen) atoms. The normalized spacial score (nSPS) is 14.5. The fourth-order valence-corrected chi connectivity index (χ4v) is 3.14. The zero-order valence-electron chi connectivity index (χ0n) is 14.7. The predicted octanol–water partition coefficient (Wildman–Crippen LogP) is 3.71. The van der Waals surface area contributed by atoms with Crippen LogP contribution in [0.2, 0.25) is 0 Å². The number of nitrogens with zero attached hydrogens (tertiary/aromatic N) is 1. The topological polar surface area (TPSA) is 63.2 Å². The number of aryl methyl sites for hydroxylation is 2. The number of nitrogens with one attached hydrogen (secondary N) is 2. The van der Waals surface area contributed by atoms with Crippen LogP contribution in [0.15, 0.2) is 0 Å². The molecule has 0 aliphatic heterocycles. The molecule has 0 aromatic carbocycles. The highest BCUT2D eigenvalue weighted by molar-refractivity contribution is 7.11. The van der Waals surface area contributed by atoms with Crippen LogP contribution in [0.4, 0.5) is 4.79 Å². The van der Waals surface area contributed by atoms with Crippen LogP contribution in [0, 0.1) is 13.8 Å². The van der Waals surface area contributed by atoms with Crippen molar-refractivity contribution in [1.82, 2.24) is 15.6 Å². The number of alkyl carbamates (subject to hydrolysis) is 1. The number of hydrogen-bond donors (Lipinski definition) is 2. The predicted molar refractivity (Wildman–Crippen MR) is 91.5 cm³/mol. The molecule has 0 saturated carbocycles. The van der Waals surface area contributed by atoms with Gasteiger partial charge in [0.25, 0.3) is 0 Å². The molecule has 1 aromatic rings. The van der Waals surface area contributed by atoms with Crippen LogP contribution in [0.1, 0.15) is 62.7 Å². The second-order valence-corrected chi connectivity index (χ2v) is 7.96. The van der Waals surface area contributed by atoms with E-state index in [1.165, 1.54) is 4.88 Å². The summed E-state index contributed by atoms with van der Waals surface area (Å²) in [6.07, 6.45) is 0.545. The lowest BCUT2D eigenvalue weighted by atomic mass is 10.1. The van der Waals surface area contributed by atoms with Crippen LogP contribution in [0.3, 0.4) is 0 Å². The van der Waals surface area contributed by atoms with Crippen molar-refractivity contribution in [2.75, 3.05) is 6.54 Å². The van der Waals surface area contributed by atoms with Gasteiger partial charge in [-0.15, -0.1) is 11.3 Å². The SMILES string of the molecule is CCC(CNC(=O)OC(C)(C)C)NC(C)c1nc(C)sc1C. The van der Waals surface area contributed by atoms with Crippen molar-refractivity contribution in [2.45, 2.75) is 72.6 Å². The highest BCUT2D eigenvalue weighted by atomic mass is 32.1. The highest BCUT2D eigenvalue weighted by Crippen LogP contribution is 2.22. The van der Waals surface area contributed by atoms with Gasteiger partial charge in [-0.25, -0.2) is 9.78 Å². The largest absolute Gasteiger partial charge is 0.444 e. The minimum Gasteiger partial charge on any atom is -0.444 e. The van der Waals surface area contributed by atoms with Gasteiger partial charge in [-0.05, 0) is 48.0 Å². The third kappa shape index (κ3) is 6.32. The first-order valence-electron chi connectivity index (χ1n) is 7.79. The van der Waals surface area contributed by atoms with E-state index in [-0.39, 0.29) is 18.2 Å². The summed E-state index contributed by atoms with van der Waals surface area (Å²) in [5.41, 5.74) is 0.625. The molecule has 5 nitrogen and oxygen atoms in total. The van der Waals surface area contributed by atoms with E-state index in [1.807, 2.05) is 27.7 Å². The molecule has 1 rings (SSSR count). The van der Waals surface area contributed by atoms with Crippen molar-refractivity contribution < 1.29 is 9.53 Å². The van der Waals surface area contributed by atoms with E-state index in [2.05, 4.69) is 36.4 Å². The standard InChI is InChI=1S/C16H29N3O2S/c1-8-13(9-17-15(20)21-16(5,6)7)18-10(2)14-11(3)22-12(4)19-14/h10,13,18H,8-9H2,1-7H3,(H,17,20). The maximum Gasteiger partial charge on any atom is 0.407 e. The molecular weight excluding hydrogens is 298 g/mol. The molecule has 0 bridgehead atoms. The number of aromatic nitrogens is 1. The third-order valence-corrected chi connectivity index (χ3v) is 4.12. The van der Waals surface area contributed by atoms with Crippen LogP contribution in [-0.2, 0) is 4.74 Å². The monoisotopic (exact) mass is 327 g/mol. The number of amides is 1. The van der Waals surface area contributed by atoms with Gasteiger partial charge in [-0.1, -0.05) is 6.92 Å². The van der Waals surface area contributed by atoms with E-state index < -0.39 is 5.60 Å². The molecule has 1 aromatic heterocycles. The minimum atomic E-state index is -0.470. The Morgan fingerprint density at radius 1 is 1.36 bits per heavy atom. The molecule has 0 aliphatic carbocycles. The number of ether oxygens (including phenoxy) is 1. The smallest absolute Gasteiger partial charge is 0.407 e. The van der Waals surface area contributed by atoms with Gasteiger partial charge < -0.3 is 15.4 Å². The Labute approximate surface area is 137 Å². The number of carbonyl (C=O) groups is 1. The van der Waals surface area contributed by atoms with Gasteiger partial charge in [-0.2, -0.15) is 0 Å². The summed E-state index contributed by atoms with van der Waals surface area (Å²) < 4.78 is 5.26. The molecule has 126 valence electrons. The Hall–Kier alpha value is -1.14. The summed E-state index contributed by atoms with van der Waals surface area (Å²) >= 11 is 1.72. The molecule has 2 unspecified atom stereocenters. The molecule has 0 spiro atoms. The van der Waals surface area contributed by atoms with Crippen LogP contribution < -0.4 is 10.6 Å². The Kier molecular flexibility index (Phi) is 6.81. The van der Waals surface area contributed by atoms with Gasteiger partial charge >= 0.3 is 6.09 Å². The Balaban J connectivity index is 2.51. The molecule has 1 heterocycles. The molecule has 6 heteroatoms. The van der Waals surface area contributed by atoms with Crippen molar-refractivity contribution in [1.29, 1.82) is 0 Å². The lowest BCUT2D eigenvalue weighted by Gasteiger charge is -2.24. The Morgan fingerprint density at radius 3 is 2.45 bits per heavy atom. The Morgan fingerprint density at radius 2 is 2.00 bits per heavy atom. The van der Waals surface area contributed by atoms with E-state index in [1.54, 1.807) is 11.3 Å². The van der Waals surface area contributed by atoms with Gasteiger partial charge in [-0.3, -0.25) is 0 Å². The molecular formula is C16H29N3O2S. The average Bonchev–Trinajstić information content (AvgIpc) is 2.71. The molecule has 0 radical (unpaired) electrons. The van der Waals surface area contributed by atoms with Crippen LogP contribution in [-0.4, -0.2) is 29.3 Å². The molecule has 0 aliphatic rings. The summed E-state index contributed by atoms with van der Waals surface area (Å²) in [5.74, 6) is 0. The second-order valence-electron chi connectivity index (χ2n) is 6.55. The fourth-order valence-electron chi connectivity index (χ4n) is 2.22. The van der Waals surface area contributed by atoms with Gasteiger partial charge in [0.15, 0.2) is 0 Å². The van der Waals surface area contributed by atoms with E-state index in [0.29, 0.717) is 6.54 Å². The Bertz CT molecular complexity index is 494. The summed E-state index contributed by atoms with van der Waals surface area (Å²) in [6, 6.07) is 0.347. The molecule has 0 saturated heterocycles. The maximum absolute atomic E-state index is 11.7. The number of rotatable bonds is 6. The first-order chi connectivity index (χ1) is 10.1. The van der Waals surface area contributed by atoms with Crippen LogP contribution in [0.5, 0.6) is 0 Å². The fraction of sp³-hybridized carbons (Fsp3) is 0.750. The third-order valence-electron chi connectivity index (χ3n) is 3.22. The molecule has 1 amide bonds. The van der Waals surface area contributed by atoms with E-state index >= 15 is 0 Å². The second kappa shape index (κ2) is 7.92. The zero-order valence-corrected chi connectivity index (χ0v) is 15.6. The summed E-state index contributed by atoms with van der Waals surface area (Å²) in [5, 5.41) is 7.44. The van der Waals surface area contributed by atoms with Crippen molar-refractivity contribution in [3.8, 4) is 0 Å². The number of carbonyl (C=O) groups excluding carboxylic acids is 1. The van der Waals surface area contributed by atoms with Crippen molar-refractivity contribution in [2.24, 2.45) is 0 Å². The molecule has 2 atom stereocenters. The summed E-state index contributed by atoms with van der Waals surface area (Å²) in [6.45, 7) is 14.4. The number of thiazole rings is 1. The lowest BCUT2D eigenvalue weighted by molar-refractivity contribution is 0.0521. The first kappa shape index (κ1) is 18.9. The van der Waals surface area contributed by atoms with Gasteiger partial charge in [0, 0.05) is 23.5 Å². The van der Waals surface area contributed by atoms with Gasteiger partial charge in [0.05, 0.1) is 10.7 Å². The van der Waals surface area contributed by atoms with Crippen LogP contribution >= 0.6 is 11.3 Å². The van der Waals surface area contributed by atoms with E-state index in [4.69, 9.17) is 4.74 Å². The summed E-state index contributed by atoms with van der Waals surface area (Å²) in [4.78, 5) is 17.5. The van der Waals surface area contributed by atoms with Crippen molar-refractivity contribution in [3.63, 3.8) is 0 Å². The lowest BCUT2D eigenvalue weighted by Crippen LogP contribution is -2.43. The molecule has 2 N–H and O–H groups in total. The minimum absolute atomic E-state index is 0.162. The van der Waals surface area contributed by atoms with Crippen molar-refractivity contribution in [3.05, 3.63) is 15.6 Å². The van der Waals surface area contributed by atoms with Gasteiger partial charge in [0.2, 0.25) is 0 Å². The summed E-state index contributed by atoms with van der Waals surface area (Å²) in [7, 11) is 0. The highest BCUT2D eigenvalue weighted by Gasteiger charge is 2.19. The average molecular weight is 327 g/mol. The molecule has 0 fully saturated rings. The first-order valence-corrected chi connectivity index (χ1v) is 8.60. The van der Waals surface area contributed by atoms with E-state index in [9.17, 15) is 4.79 Å². The number of hydrogen-bond acceptors (Lipinski definition) is 5.